The van der Waals surface area contributed by atoms with Gasteiger partial charge in [-0.3, -0.25) is 0 Å². The summed E-state index contributed by atoms with van der Waals surface area (Å²) in [6.45, 7) is 2.66. The number of sulfonamides is 1. The molecule has 0 aliphatic carbocycles. The van der Waals surface area contributed by atoms with Gasteiger partial charge in [0, 0.05) is 13.1 Å². The molecule has 1 N–H and O–H groups in total. The van der Waals surface area contributed by atoms with Crippen LogP contribution in [-0.2, 0) is 10.0 Å². The van der Waals surface area contributed by atoms with Crippen LogP contribution in [0.15, 0.2) is 26.4 Å². The zero-order valence-corrected chi connectivity index (χ0v) is 13.3. The molecule has 0 atom stereocenters. The number of thiophene rings is 1. The fourth-order valence-corrected chi connectivity index (χ4v) is 5.70. The van der Waals surface area contributed by atoms with Crippen molar-refractivity contribution in [3.05, 3.63) is 26.4 Å². The predicted octanol–water partition coefficient (Wildman–Crippen LogP) is 2.55. The number of aromatic carboxylic acids is 1. The molecular weight excluding hydrogens is 354 g/mol. The highest BCUT2D eigenvalue weighted by Gasteiger charge is 2.30. The first-order valence-corrected chi connectivity index (χ1v) is 8.55. The third-order valence-corrected chi connectivity index (χ3v) is 6.87. The van der Waals surface area contributed by atoms with Gasteiger partial charge in [0.15, 0.2) is 0 Å². The van der Waals surface area contributed by atoms with Crippen molar-refractivity contribution >= 4 is 43.3 Å². The molecule has 1 aromatic rings. The number of hydrogen-bond donors (Lipinski definition) is 1. The van der Waals surface area contributed by atoms with Crippen molar-refractivity contribution in [2.45, 2.75) is 18.2 Å². The lowest BCUT2D eigenvalue weighted by Crippen LogP contribution is -2.35. The molecule has 8 heteroatoms. The van der Waals surface area contributed by atoms with Gasteiger partial charge in [-0.05, 0) is 35.3 Å². The van der Waals surface area contributed by atoms with Gasteiger partial charge >= 0.3 is 5.97 Å². The van der Waals surface area contributed by atoms with E-state index >= 15 is 0 Å². The standard InChI is InChI=1S/C11H12BrNO4S2/c1-7-3-2-4-13(6-7)19(16,17)9-5-8(11(14)15)18-10(9)12/h3,5H,2,4,6H2,1H3,(H,14,15). The highest BCUT2D eigenvalue weighted by atomic mass is 79.9. The number of carbonyl (C=O) groups is 1. The molecule has 0 bridgehead atoms. The van der Waals surface area contributed by atoms with Crippen LogP contribution in [0.2, 0.25) is 0 Å². The maximum atomic E-state index is 12.5. The van der Waals surface area contributed by atoms with Crippen molar-refractivity contribution in [3.63, 3.8) is 0 Å². The fraction of sp³-hybridized carbons (Fsp3) is 0.364. The smallest absolute Gasteiger partial charge is 0.345 e. The number of carboxylic acid groups (broad SMARTS) is 1. The Hall–Kier alpha value is -0.700. The number of rotatable bonds is 3. The Balaban J connectivity index is 2.40. The average Bonchev–Trinajstić information content (AvgIpc) is 2.72. The topological polar surface area (TPSA) is 74.7 Å². The van der Waals surface area contributed by atoms with E-state index in [-0.39, 0.29) is 9.77 Å². The second kappa shape index (κ2) is 5.35. The monoisotopic (exact) mass is 365 g/mol. The molecule has 1 aliphatic rings. The van der Waals surface area contributed by atoms with E-state index in [0.717, 1.165) is 16.9 Å². The van der Waals surface area contributed by atoms with Gasteiger partial charge in [-0.15, -0.1) is 11.3 Å². The van der Waals surface area contributed by atoms with Crippen LogP contribution in [0.5, 0.6) is 0 Å². The van der Waals surface area contributed by atoms with Gasteiger partial charge in [-0.2, -0.15) is 4.31 Å². The van der Waals surface area contributed by atoms with Crippen LogP contribution in [0, 0.1) is 0 Å². The average molecular weight is 366 g/mol. The molecule has 0 amide bonds. The maximum absolute atomic E-state index is 12.5. The van der Waals surface area contributed by atoms with Gasteiger partial charge in [0.2, 0.25) is 10.0 Å². The number of nitrogens with zero attached hydrogens (tertiary/aromatic N) is 1. The van der Waals surface area contributed by atoms with Gasteiger partial charge in [0.1, 0.15) is 9.77 Å². The van der Waals surface area contributed by atoms with Crippen LogP contribution in [0.3, 0.4) is 0 Å². The highest BCUT2D eigenvalue weighted by molar-refractivity contribution is 9.11. The molecule has 0 saturated carbocycles. The van der Waals surface area contributed by atoms with E-state index in [1.165, 1.54) is 10.4 Å². The minimum absolute atomic E-state index is 0.00900. The molecule has 19 heavy (non-hydrogen) atoms. The van der Waals surface area contributed by atoms with Crippen LogP contribution in [-0.4, -0.2) is 36.9 Å². The molecule has 0 saturated heterocycles. The molecule has 1 aromatic heterocycles. The number of hydrogen-bond acceptors (Lipinski definition) is 4. The van der Waals surface area contributed by atoms with Gasteiger partial charge in [0.25, 0.3) is 0 Å². The van der Waals surface area contributed by atoms with Crippen molar-refractivity contribution in [3.8, 4) is 0 Å². The summed E-state index contributed by atoms with van der Waals surface area (Å²) in [6, 6.07) is 1.21. The molecular formula is C11H12BrNO4S2. The summed E-state index contributed by atoms with van der Waals surface area (Å²) in [5.41, 5.74) is 1.000. The first-order chi connectivity index (χ1) is 8.82. The zero-order valence-electron chi connectivity index (χ0n) is 10.1. The lowest BCUT2D eigenvalue weighted by Gasteiger charge is -2.25. The first-order valence-electron chi connectivity index (χ1n) is 5.51. The van der Waals surface area contributed by atoms with Crippen molar-refractivity contribution in [2.75, 3.05) is 13.1 Å². The van der Waals surface area contributed by atoms with E-state index in [0.29, 0.717) is 23.3 Å². The largest absolute Gasteiger partial charge is 0.477 e. The van der Waals surface area contributed by atoms with Gasteiger partial charge in [-0.25, -0.2) is 13.2 Å². The normalized spacial score (nSPS) is 17.3. The molecule has 0 fully saturated rings. The molecule has 0 unspecified atom stereocenters. The molecule has 104 valence electrons. The summed E-state index contributed by atoms with van der Waals surface area (Å²) < 4.78 is 26.7. The highest BCUT2D eigenvalue weighted by Crippen LogP contribution is 2.34. The summed E-state index contributed by atoms with van der Waals surface area (Å²) in [6.07, 6.45) is 2.69. The second-order valence-electron chi connectivity index (χ2n) is 4.23. The minimum atomic E-state index is -3.65. The van der Waals surface area contributed by atoms with Gasteiger partial charge in [0.05, 0.1) is 3.79 Å². The van der Waals surface area contributed by atoms with E-state index in [9.17, 15) is 13.2 Å². The summed E-state index contributed by atoms with van der Waals surface area (Å²) >= 11 is 4.05. The van der Waals surface area contributed by atoms with Crippen molar-refractivity contribution in [1.29, 1.82) is 0 Å². The molecule has 5 nitrogen and oxygen atoms in total. The third-order valence-electron chi connectivity index (χ3n) is 2.78. The molecule has 1 aliphatic heterocycles. The van der Waals surface area contributed by atoms with Crippen LogP contribution in [0.25, 0.3) is 0 Å². The predicted molar refractivity (Wildman–Crippen MR) is 76.1 cm³/mol. The fourth-order valence-electron chi connectivity index (χ4n) is 1.85. The Labute approximate surface area is 123 Å². The van der Waals surface area contributed by atoms with E-state index in [4.69, 9.17) is 5.11 Å². The minimum Gasteiger partial charge on any atom is -0.477 e. The van der Waals surface area contributed by atoms with Gasteiger partial charge < -0.3 is 5.11 Å². The van der Waals surface area contributed by atoms with Crippen LogP contribution in [0.4, 0.5) is 0 Å². The van der Waals surface area contributed by atoms with Crippen LogP contribution < -0.4 is 0 Å². The molecule has 0 radical (unpaired) electrons. The lowest BCUT2D eigenvalue weighted by molar-refractivity contribution is 0.0702. The molecule has 0 aromatic carbocycles. The SMILES string of the molecule is CC1=CCCN(S(=O)(=O)c2cc(C(=O)O)sc2Br)C1. The van der Waals surface area contributed by atoms with E-state index < -0.39 is 16.0 Å². The Kier molecular flexibility index (Phi) is 4.14. The van der Waals surface area contributed by atoms with E-state index in [2.05, 4.69) is 15.9 Å². The summed E-state index contributed by atoms with van der Waals surface area (Å²) in [5, 5.41) is 8.91. The lowest BCUT2D eigenvalue weighted by atomic mass is 10.2. The van der Waals surface area contributed by atoms with E-state index in [1.54, 1.807) is 0 Å². The molecule has 2 rings (SSSR count). The Morgan fingerprint density at radius 2 is 2.21 bits per heavy atom. The van der Waals surface area contributed by atoms with Gasteiger partial charge in [-0.1, -0.05) is 11.6 Å². The second-order valence-corrected chi connectivity index (χ2v) is 8.51. The maximum Gasteiger partial charge on any atom is 0.345 e. The Bertz CT molecular complexity index is 648. The van der Waals surface area contributed by atoms with Crippen LogP contribution in [0.1, 0.15) is 23.0 Å². The molecule has 2 heterocycles. The Morgan fingerprint density at radius 3 is 2.74 bits per heavy atom. The summed E-state index contributed by atoms with van der Waals surface area (Å²) in [7, 11) is -3.65. The van der Waals surface area contributed by atoms with Crippen LogP contribution >= 0.6 is 27.3 Å². The van der Waals surface area contributed by atoms with Crippen molar-refractivity contribution < 1.29 is 18.3 Å². The molecule has 0 spiro atoms. The van der Waals surface area contributed by atoms with Crippen molar-refractivity contribution in [1.82, 2.24) is 4.31 Å². The number of carboxylic acids is 1. The number of halogens is 1. The van der Waals surface area contributed by atoms with Crippen molar-refractivity contribution in [2.24, 2.45) is 0 Å². The third kappa shape index (κ3) is 2.91. The quantitative estimate of drug-likeness (QED) is 0.835. The van der Waals surface area contributed by atoms with E-state index in [1.807, 2.05) is 13.0 Å². The summed E-state index contributed by atoms with van der Waals surface area (Å²) in [4.78, 5) is 10.9. The first kappa shape index (κ1) is 14.7. The Morgan fingerprint density at radius 1 is 1.53 bits per heavy atom. The summed E-state index contributed by atoms with van der Waals surface area (Å²) in [5.74, 6) is -1.12. The zero-order chi connectivity index (χ0) is 14.2.